The van der Waals surface area contributed by atoms with Crippen molar-refractivity contribution < 1.29 is 62.5 Å². The molecule has 0 aliphatic rings. The fraction of sp³-hybridized carbons (Fsp3) is 0.365. The van der Waals surface area contributed by atoms with Gasteiger partial charge in [-0.15, -0.1) is 0 Å². The van der Waals surface area contributed by atoms with E-state index in [0.29, 0.717) is 67.9 Å². The molecule has 88 heavy (non-hydrogen) atoms. The van der Waals surface area contributed by atoms with Crippen LogP contribution in [0.5, 0.6) is 0 Å². The number of ketones is 7. The number of aryl methyl sites for hydroxylation is 8. The molecular formula is C63H74N12O13. The first-order chi connectivity index (χ1) is 41.0. The van der Waals surface area contributed by atoms with Crippen molar-refractivity contribution in [2.75, 3.05) is 10.6 Å². The lowest BCUT2D eigenvalue weighted by atomic mass is 10.1. The molecule has 8 heterocycles. The monoisotopic (exact) mass is 1210 g/mol. The SMILES string of the molecule is CC(=O)c1cc(CC(=O)c2cc(CC(=O)c3nc(CC(=O)c4cc(NC(=O)OC(C)(C)C)cn4C)cn3C)cn2C)cn1C.Cn1cc(CC(=O)c2cc(CC(=O)c3nc(CC(=O)c4cc(NC(=O)OC(C)(C)C)cn4C)cn3C)cn2C)cc1C(=O)O. The smallest absolute Gasteiger partial charge is 0.412 e. The van der Waals surface area contributed by atoms with Crippen LogP contribution in [0, 0.1) is 0 Å². The number of aromatic nitrogens is 10. The molecule has 0 atom stereocenters. The van der Waals surface area contributed by atoms with Crippen molar-refractivity contribution in [2.45, 2.75) is 98.2 Å². The van der Waals surface area contributed by atoms with Crippen molar-refractivity contribution in [3.05, 3.63) is 165 Å². The molecule has 2 amide bonds. The minimum atomic E-state index is -1.07. The summed E-state index contributed by atoms with van der Waals surface area (Å²) in [6.07, 6.45) is 12.1. The molecule has 3 N–H and O–H groups in total. The summed E-state index contributed by atoms with van der Waals surface area (Å²) in [5.74, 6) is -2.14. The molecule has 0 spiro atoms. The van der Waals surface area contributed by atoms with E-state index in [1.807, 2.05) is 0 Å². The summed E-state index contributed by atoms with van der Waals surface area (Å²) in [5, 5.41) is 14.5. The van der Waals surface area contributed by atoms with Crippen LogP contribution in [0.1, 0.15) is 166 Å². The van der Waals surface area contributed by atoms with Crippen LogP contribution in [0.15, 0.2) is 86.0 Å². The second-order valence-electron chi connectivity index (χ2n) is 23.9. The first-order valence-corrected chi connectivity index (χ1v) is 27.9. The molecule has 0 aliphatic heterocycles. The lowest BCUT2D eigenvalue weighted by Crippen LogP contribution is -2.27. The fourth-order valence-electron chi connectivity index (χ4n) is 10.0. The number of imidazole rings is 2. The molecule has 8 aromatic heterocycles. The van der Waals surface area contributed by atoms with Crippen LogP contribution < -0.4 is 10.6 Å². The van der Waals surface area contributed by atoms with Gasteiger partial charge in [-0.1, -0.05) is 0 Å². The van der Waals surface area contributed by atoms with Crippen molar-refractivity contribution >= 4 is 70.0 Å². The normalized spacial score (nSPS) is 11.4. The van der Waals surface area contributed by atoms with Gasteiger partial charge in [0.05, 0.1) is 64.1 Å². The van der Waals surface area contributed by atoms with Gasteiger partial charge in [-0.05, 0) is 100 Å². The third-order valence-electron chi connectivity index (χ3n) is 13.8. The van der Waals surface area contributed by atoms with Crippen LogP contribution in [0.2, 0.25) is 0 Å². The van der Waals surface area contributed by atoms with E-state index in [2.05, 4.69) is 20.6 Å². The number of anilines is 2. The van der Waals surface area contributed by atoms with E-state index >= 15 is 0 Å². The van der Waals surface area contributed by atoms with Crippen molar-refractivity contribution in [2.24, 2.45) is 56.4 Å². The summed E-state index contributed by atoms with van der Waals surface area (Å²) in [7, 11) is 13.6. The molecule has 0 saturated carbocycles. The van der Waals surface area contributed by atoms with Crippen LogP contribution in [0.25, 0.3) is 0 Å². The van der Waals surface area contributed by atoms with Gasteiger partial charge in [0.2, 0.25) is 11.6 Å². The Hall–Kier alpha value is -10.2. The number of carbonyl (C=O) groups is 10. The second kappa shape index (κ2) is 26.2. The van der Waals surface area contributed by atoms with Crippen LogP contribution >= 0.6 is 0 Å². The van der Waals surface area contributed by atoms with Gasteiger partial charge in [-0.2, -0.15) is 0 Å². The van der Waals surface area contributed by atoms with E-state index in [4.69, 9.17) is 9.47 Å². The quantitative estimate of drug-likeness (QED) is 0.0541. The van der Waals surface area contributed by atoms with Gasteiger partial charge in [0.15, 0.2) is 40.6 Å². The van der Waals surface area contributed by atoms with Gasteiger partial charge >= 0.3 is 18.2 Å². The number of carboxylic acid groups (broad SMARTS) is 1. The molecule has 0 saturated heterocycles. The van der Waals surface area contributed by atoms with Crippen LogP contribution in [-0.4, -0.2) is 121 Å². The molecule has 25 heteroatoms. The number of rotatable bonds is 22. The fourth-order valence-corrected chi connectivity index (χ4v) is 10.0. The Bertz CT molecular complexity index is 3810. The maximum absolute atomic E-state index is 13.2. The molecule has 0 bridgehead atoms. The number of hydrogen-bond acceptors (Lipinski definition) is 14. The number of carbonyl (C=O) groups excluding carboxylic acids is 9. The van der Waals surface area contributed by atoms with Gasteiger partial charge in [0, 0.05) is 139 Å². The molecule has 0 unspecified atom stereocenters. The zero-order valence-corrected chi connectivity index (χ0v) is 52.1. The van der Waals surface area contributed by atoms with Crippen molar-refractivity contribution in [3.63, 3.8) is 0 Å². The van der Waals surface area contributed by atoms with Gasteiger partial charge in [0.25, 0.3) is 0 Å². The first-order valence-electron chi connectivity index (χ1n) is 27.9. The average Bonchev–Trinajstić information content (AvgIpc) is 3.47. The summed E-state index contributed by atoms with van der Waals surface area (Å²) < 4.78 is 23.4. The summed E-state index contributed by atoms with van der Waals surface area (Å²) in [5.41, 5.74) is 5.14. The van der Waals surface area contributed by atoms with Crippen LogP contribution in [0.3, 0.4) is 0 Å². The first kappa shape index (κ1) is 65.3. The standard InChI is InChI=1S/C32H38N6O6.C31H36N6O7/c1-19(39)24-9-20(15-35(24)5)11-27(40)25-10-21(16-36(25)6)12-29(42)30-33-23(18-38(30)8)14-28(41)26-13-22(17-37(26)7)34-31(43)44-32(2,3)4;1-31(2,3)44-30(43)33-20-12-23(36(6)16-20)26(39)13-21-17-37(7)28(32-21)27(40)11-18-8-22(34(4)14-18)25(38)10-19-9-24(29(41)42)35(5)15-19/h9-10,13,15-18H,11-12,14H2,1-8H3,(H,34,43);8-9,12,14-17H,10-11,13H2,1-7H3,(H,33,43)(H,41,42). The summed E-state index contributed by atoms with van der Waals surface area (Å²) in [6.45, 7) is 12.0. The number of Topliss-reactive ketones (excluding diaryl/α,β-unsaturated/α-hetero) is 7. The number of ether oxygens (including phenoxy) is 2. The van der Waals surface area contributed by atoms with Gasteiger partial charge < -0.3 is 51.1 Å². The van der Waals surface area contributed by atoms with Crippen molar-refractivity contribution in [1.29, 1.82) is 0 Å². The number of carboxylic acids is 1. The van der Waals surface area contributed by atoms with Crippen molar-refractivity contribution in [3.8, 4) is 0 Å². The van der Waals surface area contributed by atoms with E-state index in [1.165, 1.54) is 17.6 Å². The number of aromatic carboxylic acids is 1. The van der Waals surface area contributed by atoms with E-state index < -0.39 is 29.4 Å². The maximum atomic E-state index is 13.2. The Morgan fingerprint density at radius 1 is 0.386 bits per heavy atom. The van der Waals surface area contributed by atoms with Gasteiger partial charge in [0.1, 0.15) is 16.9 Å². The second-order valence-corrected chi connectivity index (χ2v) is 23.9. The van der Waals surface area contributed by atoms with Crippen LogP contribution in [0.4, 0.5) is 21.0 Å². The predicted octanol–water partition coefficient (Wildman–Crippen LogP) is 8.02. The lowest BCUT2D eigenvalue weighted by molar-refractivity contribution is 0.0624. The van der Waals surface area contributed by atoms with E-state index in [1.54, 1.807) is 210 Å². The molecule has 464 valence electrons. The molecule has 8 aromatic rings. The average molecular weight is 1210 g/mol. The highest BCUT2D eigenvalue weighted by Crippen LogP contribution is 2.22. The molecular weight excluding hydrogens is 1130 g/mol. The van der Waals surface area contributed by atoms with E-state index in [0.717, 1.165) is 5.56 Å². The topological polar surface area (TPSA) is 299 Å². The van der Waals surface area contributed by atoms with Gasteiger partial charge in [-0.25, -0.2) is 24.4 Å². The number of nitrogens with zero attached hydrogens (tertiary/aromatic N) is 10. The Morgan fingerprint density at radius 2 is 0.670 bits per heavy atom. The number of hydrogen-bond donors (Lipinski definition) is 3. The molecule has 0 aromatic carbocycles. The highest BCUT2D eigenvalue weighted by atomic mass is 16.6. The zero-order chi connectivity index (χ0) is 65.0. The summed E-state index contributed by atoms with van der Waals surface area (Å²) in [6, 6.07) is 9.64. The number of nitrogens with one attached hydrogen (secondary N) is 2. The van der Waals surface area contributed by atoms with Gasteiger partial charge in [-0.3, -0.25) is 44.2 Å². The van der Waals surface area contributed by atoms with E-state index in [9.17, 15) is 53.1 Å². The number of amides is 2. The molecule has 0 fully saturated rings. The Balaban J connectivity index is 0.000000251. The molecule has 0 radical (unpaired) electrons. The molecule has 25 nitrogen and oxygen atoms in total. The largest absolute Gasteiger partial charge is 0.477 e. The minimum absolute atomic E-state index is 0.00857. The summed E-state index contributed by atoms with van der Waals surface area (Å²) in [4.78, 5) is 135. The third-order valence-corrected chi connectivity index (χ3v) is 13.8. The van der Waals surface area contributed by atoms with Crippen LogP contribution in [-0.2, 0) is 104 Å². The zero-order valence-electron chi connectivity index (χ0n) is 52.1. The highest BCUT2D eigenvalue weighted by molar-refractivity contribution is 6.02. The van der Waals surface area contributed by atoms with E-state index in [-0.39, 0.29) is 96.4 Å². The Morgan fingerprint density at radius 3 is 0.989 bits per heavy atom. The maximum Gasteiger partial charge on any atom is 0.412 e. The molecule has 8 rings (SSSR count). The van der Waals surface area contributed by atoms with Crippen molar-refractivity contribution in [1.82, 2.24) is 46.5 Å². The summed E-state index contributed by atoms with van der Waals surface area (Å²) >= 11 is 0. The Labute approximate surface area is 507 Å². The lowest BCUT2D eigenvalue weighted by Gasteiger charge is -2.19. The molecule has 0 aliphatic carbocycles. The Kier molecular flexibility index (Phi) is 19.4. The minimum Gasteiger partial charge on any atom is -0.477 e. The third kappa shape index (κ3) is 16.6. The predicted molar refractivity (Wildman–Crippen MR) is 324 cm³/mol. The highest BCUT2D eigenvalue weighted by Gasteiger charge is 2.26.